The summed E-state index contributed by atoms with van der Waals surface area (Å²) in [6.07, 6.45) is 5.84. The second kappa shape index (κ2) is 5.57. The maximum absolute atomic E-state index is 12.5. The molecule has 1 fully saturated rings. The summed E-state index contributed by atoms with van der Waals surface area (Å²) in [5, 5.41) is 3.95. The van der Waals surface area contributed by atoms with Crippen molar-refractivity contribution in [3.8, 4) is 0 Å². The molecule has 1 heterocycles. The summed E-state index contributed by atoms with van der Waals surface area (Å²) in [5.41, 5.74) is 1.33. The average Bonchev–Trinajstić information content (AvgIpc) is 2.47. The van der Waals surface area contributed by atoms with Gasteiger partial charge in [0.15, 0.2) is 0 Å². The third-order valence-corrected chi connectivity index (χ3v) is 3.87. The van der Waals surface area contributed by atoms with Crippen LogP contribution in [0.1, 0.15) is 48.4 Å². The number of benzene rings is 1. The monoisotopic (exact) mass is 269 g/mol. The molecule has 0 aliphatic heterocycles. The number of hydrogen-bond donors (Lipinski definition) is 1. The van der Waals surface area contributed by atoms with Gasteiger partial charge in [-0.15, -0.1) is 0 Å². The first-order valence-corrected chi connectivity index (χ1v) is 7.28. The Morgan fingerprint density at radius 2 is 1.90 bits per heavy atom. The van der Waals surface area contributed by atoms with Crippen molar-refractivity contribution >= 4 is 16.8 Å². The number of nitrogens with one attached hydrogen (secondary N) is 1. The van der Waals surface area contributed by atoms with Crippen molar-refractivity contribution in [1.82, 2.24) is 15.3 Å². The molecule has 20 heavy (non-hydrogen) atoms. The summed E-state index contributed by atoms with van der Waals surface area (Å²) in [6.45, 7) is 1.82. The minimum Gasteiger partial charge on any atom is -0.348 e. The van der Waals surface area contributed by atoms with Crippen LogP contribution in [0.2, 0.25) is 0 Å². The van der Waals surface area contributed by atoms with Crippen molar-refractivity contribution in [2.75, 3.05) is 0 Å². The van der Waals surface area contributed by atoms with Crippen LogP contribution in [-0.2, 0) is 0 Å². The molecule has 0 unspecified atom stereocenters. The molecule has 0 saturated heterocycles. The highest BCUT2D eigenvalue weighted by Crippen LogP contribution is 2.19. The van der Waals surface area contributed by atoms with E-state index in [1.165, 1.54) is 19.3 Å². The molecule has 3 rings (SSSR count). The largest absolute Gasteiger partial charge is 0.348 e. The van der Waals surface area contributed by atoms with Gasteiger partial charge in [-0.05, 0) is 25.8 Å². The van der Waals surface area contributed by atoms with Gasteiger partial charge in [-0.2, -0.15) is 0 Å². The molecule has 0 bridgehead atoms. The predicted octanol–water partition coefficient (Wildman–Crippen LogP) is 3.00. The first-order valence-electron chi connectivity index (χ1n) is 7.28. The smallest absolute Gasteiger partial charge is 0.270 e. The summed E-state index contributed by atoms with van der Waals surface area (Å²) in [6, 6.07) is 7.97. The van der Waals surface area contributed by atoms with Gasteiger partial charge >= 0.3 is 0 Å². The predicted molar refractivity (Wildman–Crippen MR) is 78.6 cm³/mol. The van der Waals surface area contributed by atoms with Crippen LogP contribution in [0.4, 0.5) is 0 Å². The van der Waals surface area contributed by atoms with E-state index < -0.39 is 0 Å². The van der Waals surface area contributed by atoms with E-state index in [4.69, 9.17) is 0 Å². The van der Waals surface area contributed by atoms with Crippen LogP contribution in [0.5, 0.6) is 0 Å². The van der Waals surface area contributed by atoms with Gasteiger partial charge in [0.1, 0.15) is 11.5 Å². The molecule has 4 heteroatoms. The number of rotatable bonds is 2. The van der Waals surface area contributed by atoms with E-state index in [1.54, 1.807) is 0 Å². The first kappa shape index (κ1) is 13.0. The van der Waals surface area contributed by atoms with Crippen molar-refractivity contribution in [1.29, 1.82) is 0 Å². The topological polar surface area (TPSA) is 54.9 Å². The molecule has 0 radical (unpaired) electrons. The SMILES string of the molecule is Cc1nc(C(=O)NC2CCCCC2)c2ccccc2n1. The highest BCUT2D eigenvalue weighted by Gasteiger charge is 2.19. The molecule has 1 saturated carbocycles. The summed E-state index contributed by atoms with van der Waals surface area (Å²) < 4.78 is 0. The minimum atomic E-state index is -0.0707. The summed E-state index contributed by atoms with van der Waals surface area (Å²) >= 11 is 0. The fourth-order valence-corrected chi connectivity index (χ4v) is 2.87. The van der Waals surface area contributed by atoms with Crippen molar-refractivity contribution in [3.05, 3.63) is 35.8 Å². The Bertz CT molecular complexity index is 633. The highest BCUT2D eigenvalue weighted by molar-refractivity contribution is 6.04. The van der Waals surface area contributed by atoms with Crippen LogP contribution < -0.4 is 5.32 Å². The molecule has 1 aromatic carbocycles. The van der Waals surface area contributed by atoms with Gasteiger partial charge in [0.25, 0.3) is 5.91 Å². The van der Waals surface area contributed by atoms with E-state index in [9.17, 15) is 4.79 Å². The van der Waals surface area contributed by atoms with Gasteiger partial charge in [0.05, 0.1) is 5.52 Å². The zero-order valence-electron chi connectivity index (χ0n) is 11.7. The lowest BCUT2D eigenvalue weighted by molar-refractivity contribution is 0.0924. The Kier molecular flexibility index (Phi) is 3.63. The molecule has 104 valence electrons. The lowest BCUT2D eigenvalue weighted by Crippen LogP contribution is -2.36. The number of nitrogens with zero attached hydrogens (tertiary/aromatic N) is 2. The molecular weight excluding hydrogens is 250 g/mol. The van der Waals surface area contributed by atoms with Crippen LogP contribution in [0.15, 0.2) is 24.3 Å². The van der Waals surface area contributed by atoms with Gasteiger partial charge in [-0.1, -0.05) is 37.5 Å². The van der Waals surface area contributed by atoms with Crippen LogP contribution in [0.25, 0.3) is 10.9 Å². The number of fused-ring (bicyclic) bond motifs is 1. The first-order chi connectivity index (χ1) is 9.74. The molecule has 4 nitrogen and oxygen atoms in total. The van der Waals surface area contributed by atoms with Crippen molar-refractivity contribution < 1.29 is 4.79 Å². The quantitative estimate of drug-likeness (QED) is 0.911. The Balaban J connectivity index is 1.90. The summed E-state index contributed by atoms with van der Waals surface area (Å²) in [7, 11) is 0. The third kappa shape index (κ3) is 2.64. The fourth-order valence-electron chi connectivity index (χ4n) is 2.87. The second-order valence-electron chi connectivity index (χ2n) is 5.44. The number of amides is 1. The van der Waals surface area contributed by atoms with Gasteiger partial charge in [0.2, 0.25) is 0 Å². The number of aryl methyl sites for hydroxylation is 1. The van der Waals surface area contributed by atoms with Crippen LogP contribution >= 0.6 is 0 Å². The van der Waals surface area contributed by atoms with Gasteiger partial charge in [0, 0.05) is 11.4 Å². The van der Waals surface area contributed by atoms with E-state index in [0.717, 1.165) is 23.7 Å². The number of carbonyl (C=O) groups is 1. The van der Waals surface area contributed by atoms with E-state index in [2.05, 4.69) is 15.3 Å². The van der Waals surface area contributed by atoms with Gasteiger partial charge in [-0.25, -0.2) is 9.97 Å². The zero-order chi connectivity index (χ0) is 13.9. The molecule has 1 N–H and O–H groups in total. The maximum Gasteiger partial charge on any atom is 0.270 e. The minimum absolute atomic E-state index is 0.0707. The number of aromatic nitrogens is 2. The zero-order valence-corrected chi connectivity index (χ0v) is 11.7. The van der Waals surface area contributed by atoms with E-state index >= 15 is 0 Å². The Labute approximate surface area is 118 Å². The molecule has 0 atom stereocenters. The van der Waals surface area contributed by atoms with Crippen molar-refractivity contribution in [3.63, 3.8) is 0 Å². The average molecular weight is 269 g/mol. The van der Waals surface area contributed by atoms with Crippen molar-refractivity contribution in [2.24, 2.45) is 0 Å². The highest BCUT2D eigenvalue weighted by atomic mass is 16.1. The summed E-state index contributed by atoms with van der Waals surface area (Å²) in [5.74, 6) is 0.566. The maximum atomic E-state index is 12.5. The Hall–Kier alpha value is -1.97. The van der Waals surface area contributed by atoms with E-state index in [-0.39, 0.29) is 5.91 Å². The normalized spacial score (nSPS) is 16.2. The Morgan fingerprint density at radius 3 is 2.70 bits per heavy atom. The number of carbonyl (C=O) groups excluding carboxylic acids is 1. The molecule has 2 aromatic rings. The van der Waals surface area contributed by atoms with Gasteiger partial charge < -0.3 is 5.32 Å². The van der Waals surface area contributed by atoms with Crippen LogP contribution in [0, 0.1) is 6.92 Å². The lowest BCUT2D eigenvalue weighted by atomic mass is 9.95. The van der Waals surface area contributed by atoms with E-state index in [0.29, 0.717) is 17.6 Å². The fraction of sp³-hybridized carbons (Fsp3) is 0.438. The molecule has 1 aliphatic carbocycles. The second-order valence-corrected chi connectivity index (χ2v) is 5.44. The molecule has 1 amide bonds. The molecular formula is C16H19N3O. The lowest BCUT2D eigenvalue weighted by Gasteiger charge is -2.22. The van der Waals surface area contributed by atoms with Gasteiger partial charge in [-0.3, -0.25) is 4.79 Å². The standard InChI is InChI=1S/C16H19N3O/c1-11-17-14-10-6-5-9-13(14)15(18-11)16(20)19-12-7-3-2-4-8-12/h5-6,9-10,12H,2-4,7-8H2,1H3,(H,19,20). The van der Waals surface area contributed by atoms with Crippen LogP contribution in [0.3, 0.4) is 0 Å². The summed E-state index contributed by atoms with van der Waals surface area (Å²) in [4.78, 5) is 21.2. The molecule has 1 aromatic heterocycles. The van der Waals surface area contributed by atoms with Crippen LogP contribution in [-0.4, -0.2) is 21.9 Å². The number of para-hydroxylation sites is 1. The molecule has 0 spiro atoms. The van der Waals surface area contributed by atoms with Crippen molar-refractivity contribution in [2.45, 2.75) is 45.1 Å². The third-order valence-electron chi connectivity index (χ3n) is 3.87. The molecule has 1 aliphatic rings. The number of hydrogen-bond acceptors (Lipinski definition) is 3. The Morgan fingerprint density at radius 1 is 1.15 bits per heavy atom. The van der Waals surface area contributed by atoms with E-state index in [1.807, 2.05) is 31.2 Å².